The van der Waals surface area contributed by atoms with Crippen LogP contribution in [0.2, 0.25) is 0 Å². The van der Waals surface area contributed by atoms with Gasteiger partial charge in [-0.15, -0.1) is 0 Å². The third kappa shape index (κ3) is 4.18. The average Bonchev–Trinajstić information content (AvgIpc) is 2.14. The zero-order chi connectivity index (χ0) is 11.5. The highest BCUT2D eigenvalue weighted by atomic mass is 16.6. The summed E-state index contributed by atoms with van der Waals surface area (Å²) in [5.41, 5.74) is 0.666. The Hall–Kier alpha value is -1.26. The van der Waals surface area contributed by atoms with E-state index in [4.69, 9.17) is 9.94 Å². The van der Waals surface area contributed by atoms with Gasteiger partial charge in [0.25, 0.3) is 0 Å². The number of likely N-dealkylation sites (tertiary alicyclic amines) is 1. The van der Waals surface area contributed by atoms with Crippen LogP contribution in [0.5, 0.6) is 0 Å². The zero-order valence-electron chi connectivity index (χ0n) is 9.49. The van der Waals surface area contributed by atoms with E-state index in [9.17, 15) is 4.79 Å². The Bertz CT molecular complexity index is 258. The Morgan fingerprint density at radius 3 is 2.33 bits per heavy atom. The molecule has 0 spiro atoms. The first kappa shape index (κ1) is 11.8. The molecule has 0 aromatic rings. The molecule has 5 heteroatoms. The molecule has 0 atom stereocenters. The van der Waals surface area contributed by atoms with Gasteiger partial charge in [-0.05, 0) is 20.8 Å². The quantitative estimate of drug-likeness (QED) is 0.678. The lowest BCUT2D eigenvalue weighted by molar-refractivity contribution is -0.000339. The summed E-state index contributed by atoms with van der Waals surface area (Å²) in [5, 5.41) is 12.8. The van der Waals surface area contributed by atoms with Crippen molar-refractivity contribution in [1.82, 2.24) is 4.90 Å². The fraction of sp³-hybridized carbons (Fsp3) is 0.800. The van der Waals surface area contributed by atoms with Gasteiger partial charge in [-0.1, -0.05) is 5.16 Å². The minimum atomic E-state index is -0.856. The highest BCUT2D eigenvalue weighted by Gasteiger charge is 2.20. The molecule has 1 N–H and O–H groups in total. The summed E-state index contributed by atoms with van der Waals surface area (Å²) in [7, 11) is 0. The van der Waals surface area contributed by atoms with E-state index in [1.807, 2.05) is 20.8 Å². The third-order valence-electron chi connectivity index (χ3n) is 2.06. The van der Waals surface area contributed by atoms with Gasteiger partial charge in [-0.25, -0.2) is 4.79 Å². The summed E-state index contributed by atoms with van der Waals surface area (Å²) in [5.74, 6) is 0. The van der Waals surface area contributed by atoms with Crippen molar-refractivity contribution in [2.45, 2.75) is 39.2 Å². The van der Waals surface area contributed by atoms with Gasteiger partial charge in [0.1, 0.15) is 5.60 Å². The van der Waals surface area contributed by atoms with Crippen LogP contribution in [0.15, 0.2) is 5.16 Å². The molecule has 86 valence electrons. The highest BCUT2D eigenvalue weighted by Crippen LogP contribution is 2.12. The Morgan fingerprint density at radius 2 is 1.93 bits per heavy atom. The van der Waals surface area contributed by atoms with E-state index in [0.29, 0.717) is 25.9 Å². The maximum Gasteiger partial charge on any atom is 0.407 e. The van der Waals surface area contributed by atoms with E-state index in [-0.39, 0.29) is 5.60 Å². The molecule has 1 rings (SSSR count). The number of hydrogen-bond donors (Lipinski definition) is 1. The summed E-state index contributed by atoms with van der Waals surface area (Å²) in [6.45, 7) is 6.83. The fourth-order valence-corrected chi connectivity index (χ4v) is 1.25. The van der Waals surface area contributed by atoms with E-state index in [0.717, 1.165) is 5.71 Å². The zero-order valence-corrected chi connectivity index (χ0v) is 9.49. The summed E-state index contributed by atoms with van der Waals surface area (Å²) in [6.07, 6.45) is 0.482. The second-order valence-electron chi connectivity index (χ2n) is 4.63. The van der Waals surface area contributed by atoms with Gasteiger partial charge in [0.15, 0.2) is 0 Å². The highest BCUT2D eigenvalue weighted by molar-refractivity contribution is 5.86. The van der Waals surface area contributed by atoms with Crippen molar-refractivity contribution in [3.8, 4) is 0 Å². The van der Waals surface area contributed by atoms with Gasteiger partial charge < -0.3 is 14.8 Å². The molecule has 1 heterocycles. The molecule has 1 aliphatic heterocycles. The molecule has 0 saturated carbocycles. The number of piperidine rings is 1. The number of carboxylic acid groups (broad SMARTS) is 1. The molecule has 5 nitrogen and oxygen atoms in total. The Balaban J connectivity index is 2.40. The van der Waals surface area contributed by atoms with Crippen molar-refractivity contribution in [3.05, 3.63) is 0 Å². The monoisotopic (exact) mass is 214 g/mol. The first-order valence-electron chi connectivity index (χ1n) is 5.10. The maximum absolute atomic E-state index is 10.6. The first-order valence-corrected chi connectivity index (χ1v) is 5.10. The van der Waals surface area contributed by atoms with Crippen LogP contribution in [-0.2, 0) is 4.84 Å². The average molecular weight is 214 g/mol. The minimum Gasteiger partial charge on any atom is -0.465 e. The molecule has 1 amide bonds. The van der Waals surface area contributed by atoms with Crippen LogP contribution in [0, 0.1) is 0 Å². The molecule has 0 bridgehead atoms. The molecule has 0 unspecified atom stereocenters. The van der Waals surface area contributed by atoms with Crippen LogP contribution in [-0.4, -0.2) is 40.5 Å². The van der Waals surface area contributed by atoms with Crippen molar-refractivity contribution >= 4 is 11.8 Å². The molecule has 0 aromatic heterocycles. The number of amides is 1. The number of hydrogen-bond acceptors (Lipinski definition) is 3. The molecule has 1 aliphatic rings. The first-order chi connectivity index (χ1) is 6.88. The van der Waals surface area contributed by atoms with Gasteiger partial charge in [0.2, 0.25) is 0 Å². The second kappa shape index (κ2) is 4.51. The topological polar surface area (TPSA) is 62.1 Å². The molecule has 1 fully saturated rings. The summed E-state index contributed by atoms with van der Waals surface area (Å²) >= 11 is 0. The summed E-state index contributed by atoms with van der Waals surface area (Å²) < 4.78 is 0. The van der Waals surface area contributed by atoms with Crippen molar-refractivity contribution < 1.29 is 14.7 Å². The van der Waals surface area contributed by atoms with E-state index >= 15 is 0 Å². The van der Waals surface area contributed by atoms with Crippen LogP contribution < -0.4 is 0 Å². The lowest BCUT2D eigenvalue weighted by atomic mass is 10.1. The second-order valence-corrected chi connectivity index (χ2v) is 4.63. The number of nitrogens with zero attached hydrogens (tertiary/aromatic N) is 2. The van der Waals surface area contributed by atoms with E-state index in [2.05, 4.69) is 5.16 Å². The smallest absolute Gasteiger partial charge is 0.407 e. The number of oxime groups is 1. The lowest BCUT2D eigenvalue weighted by Gasteiger charge is -2.25. The largest absolute Gasteiger partial charge is 0.465 e. The normalized spacial score (nSPS) is 17.5. The summed E-state index contributed by atoms with van der Waals surface area (Å²) in [4.78, 5) is 17.3. The van der Waals surface area contributed by atoms with Crippen LogP contribution in [0.3, 0.4) is 0 Å². The van der Waals surface area contributed by atoms with Gasteiger partial charge in [0, 0.05) is 25.9 Å². The predicted octanol–water partition coefficient (Wildman–Crippen LogP) is 1.93. The van der Waals surface area contributed by atoms with Crippen LogP contribution in [0.1, 0.15) is 33.6 Å². The van der Waals surface area contributed by atoms with Crippen molar-refractivity contribution in [3.63, 3.8) is 0 Å². The molecular formula is C10H18N2O3. The molecular weight excluding hydrogens is 196 g/mol. The van der Waals surface area contributed by atoms with Crippen LogP contribution >= 0.6 is 0 Å². The Labute approximate surface area is 89.7 Å². The van der Waals surface area contributed by atoms with Gasteiger partial charge in [-0.3, -0.25) is 0 Å². The predicted molar refractivity (Wildman–Crippen MR) is 57.1 cm³/mol. The molecule has 0 aliphatic carbocycles. The van der Waals surface area contributed by atoms with Crippen molar-refractivity contribution in [2.75, 3.05) is 13.1 Å². The molecule has 0 radical (unpaired) electrons. The lowest BCUT2D eigenvalue weighted by Crippen LogP contribution is -2.37. The van der Waals surface area contributed by atoms with E-state index in [1.54, 1.807) is 0 Å². The van der Waals surface area contributed by atoms with Crippen molar-refractivity contribution in [1.29, 1.82) is 0 Å². The Kier molecular flexibility index (Phi) is 3.55. The van der Waals surface area contributed by atoms with Gasteiger partial charge in [-0.2, -0.15) is 0 Å². The van der Waals surface area contributed by atoms with Gasteiger partial charge in [0.05, 0.1) is 5.71 Å². The maximum atomic E-state index is 10.6. The Morgan fingerprint density at radius 1 is 1.40 bits per heavy atom. The summed E-state index contributed by atoms with van der Waals surface area (Å²) in [6, 6.07) is 0. The third-order valence-corrected chi connectivity index (χ3v) is 2.06. The van der Waals surface area contributed by atoms with Crippen LogP contribution in [0.25, 0.3) is 0 Å². The number of carbonyl (C=O) groups is 1. The number of rotatable bonds is 1. The van der Waals surface area contributed by atoms with Gasteiger partial charge >= 0.3 is 6.09 Å². The van der Waals surface area contributed by atoms with E-state index in [1.165, 1.54) is 4.90 Å². The molecule has 15 heavy (non-hydrogen) atoms. The fourth-order valence-electron chi connectivity index (χ4n) is 1.25. The minimum absolute atomic E-state index is 0.281. The van der Waals surface area contributed by atoms with E-state index < -0.39 is 6.09 Å². The molecule has 1 saturated heterocycles. The molecule has 0 aromatic carbocycles. The van der Waals surface area contributed by atoms with Crippen LogP contribution in [0.4, 0.5) is 4.79 Å². The SMILES string of the molecule is CC(C)(C)ON=C1CCN(C(=O)O)CC1. The standard InChI is InChI=1S/C10H18N2O3/c1-10(2,3)15-11-8-4-6-12(7-5-8)9(13)14/h4-7H2,1-3H3,(H,13,14). The van der Waals surface area contributed by atoms with Crippen molar-refractivity contribution in [2.24, 2.45) is 5.16 Å².